The summed E-state index contributed by atoms with van der Waals surface area (Å²) in [6, 6.07) is 6.54. The summed E-state index contributed by atoms with van der Waals surface area (Å²) in [6.07, 6.45) is 0.587. The molecule has 6 heteroatoms. The monoisotopic (exact) mass is 468 g/mol. The van der Waals surface area contributed by atoms with E-state index in [-0.39, 0.29) is 11.3 Å². The van der Waals surface area contributed by atoms with E-state index < -0.39 is 5.97 Å². The average Bonchev–Trinajstić information content (AvgIpc) is 2.76. The Balaban J connectivity index is 2.69. The summed E-state index contributed by atoms with van der Waals surface area (Å²) in [4.78, 5) is 21.9. The van der Waals surface area contributed by atoms with Crippen molar-refractivity contribution >= 4 is 57.4 Å². The number of carbonyl (C=O) groups is 2. The van der Waals surface area contributed by atoms with E-state index in [0.29, 0.717) is 17.6 Å². The highest BCUT2D eigenvalue weighted by molar-refractivity contribution is 14.1. The fraction of sp³-hybridized carbons (Fsp3) is 0. The van der Waals surface area contributed by atoms with Crippen molar-refractivity contribution in [1.82, 2.24) is 0 Å². The molecule has 0 unspecified atom stereocenters. The third-order valence-corrected chi connectivity index (χ3v) is 3.75. The van der Waals surface area contributed by atoms with Crippen LogP contribution in [0.1, 0.15) is 20.9 Å². The van der Waals surface area contributed by atoms with E-state index in [1.54, 1.807) is 12.1 Å². The first-order valence-corrected chi connectivity index (χ1v) is 6.96. The molecule has 0 aliphatic carbocycles. The molecule has 1 N–H and O–H groups in total. The number of rotatable bonds is 3. The SMILES string of the molecule is O=Cc1ccc(-c2c(I)cc(I)cc2C(=O)O)o1. The number of carboxylic acid groups (broad SMARTS) is 1. The molecule has 0 saturated carbocycles. The van der Waals surface area contributed by atoms with Crippen LogP contribution in [-0.4, -0.2) is 17.4 Å². The van der Waals surface area contributed by atoms with Crippen LogP contribution >= 0.6 is 45.2 Å². The van der Waals surface area contributed by atoms with Crippen molar-refractivity contribution in [2.24, 2.45) is 0 Å². The van der Waals surface area contributed by atoms with Gasteiger partial charge in [0.25, 0.3) is 0 Å². The number of hydrogen-bond acceptors (Lipinski definition) is 3. The maximum Gasteiger partial charge on any atom is 0.336 e. The smallest absolute Gasteiger partial charge is 0.336 e. The summed E-state index contributed by atoms with van der Waals surface area (Å²) in [5.74, 6) is -0.462. The Morgan fingerprint density at radius 3 is 2.56 bits per heavy atom. The minimum absolute atomic E-state index is 0.165. The molecule has 0 atom stereocenters. The molecule has 2 rings (SSSR count). The molecule has 0 spiro atoms. The molecule has 0 amide bonds. The van der Waals surface area contributed by atoms with Crippen LogP contribution in [-0.2, 0) is 0 Å². The second kappa shape index (κ2) is 5.39. The van der Waals surface area contributed by atoms with Gasteiger partial charge in [-0.3, -0.25) is 4.79 Å². The highest BCUT2D eigenvalue weighted by Crippen LogP contribution is 2.32. The van der Waals surface area contributed by atoms with Crippen molar-refractivity contribution in [3.63, 3.8) is 0 Å². The van der Waals surface area contributed by atoms with Gasteiger partial charge in [-0.2, -0.15) is 0 Å². The summed E-state index contributed by atoms with van der Waals surface area (Å²) in [5, 5.41) is 9.22. The number of hydrogen-bond donors (Lipinski definition) is 1. The minimum atomic E-state index is -1.02. The molecule has 2 aromatic rings. The fourth-order valence-electron chi connectivity index (χ4n) is 1.54. The van der Waals surface area contributed by atoms with Gasteiger partial charge in [-0.15, -0.1) is 0 Å². The molecule has 1 heterocycles. The van der Waals surface area contributed by atoms with Crippen LogP contribution in [0, 0.1) is 7.14 Å². The first-order chi connectivity index (χ1) is 8.52. The van der Waals surface area contributed by atoms with Gasteiger partial charge in [-0.25, -0.2) is 4.79 Å². The maximum atomic E-state index is 11.3. The largest absolute Gasteiger partial charge is 0.478 e. The molecular weight excluding hydrogens is 462 g/mol. The zero-order valence-electron chi connectivity index (χ0n) is 8.81. The number of aldehydes is 1. The Bertz CT molecular complexity index is 631. The predicted octanol–water partition coefficient (Wildman–Crippen LogP) is 3.67. The summed E-state index contributed by atoms with van der Waals surface area (Å²) in [7, 11) is 0. The Morgan fingerprint density at radius 2 is 2.00 bits per heavy atom. The lowest BCUT2D eigenvalue weighted by Gasteiger charge is -2.07. The van der Waals surface area contributed by atoms with Gasteiger partial charge in [0.2, 0.25) is 0 Å². The number of carbonyl (C=O) groups excluding carboxylic acids is 1. The van der Waals surface area contributed by atoms with Gasteiger partial charge in [-0.1, -0.05) is 0 Å². The molecule has 4 nitrogen and oxygen atoms in total. The van der Waals surface area contributed by atoms with Gasteiger partial charge in [0.15, 0.2) is 12.0 Å². The van der Waals surface area contributed by atoms with Gasteiger partial charge < -0.3 is 9.52 Å². The number of carboxylic acids is 1. The van der Waals surface area contributed by atoms with Crippen molar-refractivity contribution in [2.45, 2.75) is 0 Å². The van der Waals surface area contributed by atoms with E-state index in [4.69, 9.17) is 4.42 Å². The second-order valence-electron chi connectivity index (χ2n) is 3.44. The first kappa shape index (κ1) is 13.5. The van der Waals surface area contributed by atoms with Gasteiger partial charge in [0, 0.05) is 12.7 Å². The predicted molar refractivity (Wildman–Crippen MR) is 81.9 cm³/mol. The van der Waals surface area contributed by atoms with Gasteiger partial charge >= 0.3 is 5.97 Å². The Hall–Kier alpha value is -0.900. The molecule has 1 aromatic carbocycles. The van der Waals surface area contributed by atoms with E-state index >= 15 is 0 Å². The minimum Gasteiger partial charge on any atom is -0.478 e. The van der Waals surface area contributed by atoms with E-state index in [0.717, 1.165) is 7.14 Å². The molecule has 0 bridgehead atoms. The number of benzene rings is 1. The van der Waals surface area contributed by atoms with E-state index in [9.17, 15) is 14.7 Å². The quantitative estimate of drug-likeness (QED) is 0.552. The Labute approximate surface area is 130 Å². The highest BCUT2D eigenvalue weighted by Gasteiger charge is 2.18. The molecule has 0 radical (unpaired) electrons. The molecule has 18 heavy (non-hydrogen) atoms. The van der Waals surface area contributed by atoms with E-state index in [1.807, 2.05) is 6.07 Å². The summed E-state index contributed by atoms with van der Waals surface area (Å²) in [5.41, 5.74) is 0.662. The molecule has 1 aromatic heterocycles. The summed E-state index contributed by atoms with van der Waals surface area (Å²) < 4.78 is 6.89. The van der Waals surface area contributed by atoms with Crippen molar-refractivity contribution in [3.8, 4) is 11.3 Å². The zero-order valence-corrected chi connectivity index (χ0v) is 13.1. The average molecular weight is 468 g/mol. The number of furan rings is 1. The normalized spacial score (nSPS) is 10.3. The zero-order chi connectivity index (χ0) is 13.3. The van der Waals surface area contributed by atoms with Crippen molar-refractivity contribution in [3.05, 3.63) is 42.7 Å². The van der Waals surface area contributed by atoms with Crippen molar-refractivity contribution in [2.75, 3.05) is 0 Å². The Kier molecular flexibility index (Phi) is 4.05. The van der Waals surface area contributed by atoms with Gasteiger partial charge in [0.05, 0.1) is 5.56 Å². The van der Waals surface area contributed by atoms with Crippen LogP contribution in [0.3, 0.4) is 0 Å². The molecule has 92 valence electrons. The molecule has 0 fully saturated rings. The fourth-order valence-corrected chi connectivity index (χ4v) is 3.65. The number of aromatic carboxylic acids is 1. The third-order valence-electron chi connectivity index (χ3n) is 2.27. The molecule has 0 saturated heterocycles. The topological polar surface area (TPSA) is 67.5 Å². The van der Waals surface area contributed by atoms with Crippen LogP contribution in [0.4, 0.5) is 0 Å². The Morgan fingerprint density at radius 1 is 1.28 bits per heavy atom. The third kappa shape index (κ3) is 2.58. The van der Waals surface area contributed by atoms with Crippen LogP contribution in [0.2, 0.25) is 0 Å². The van der Waals surface area contributed by atoms with Gasteiger partial charge in [-0.05, 0) is 69.4 Å². The lowest BCUT2D eigenvalue weighted by molar-refractivity contribution is 0.0697. The second-order valence-corrected chi connectivity index (χ2v) is 5.84. The van der Waals surface area contributed by atoms with Crippen LogP contribution in [0.25, 0.3) is 11.3 Å². The number of halogens is 2. The lowest BCUT2D eigenvalue weighted by atomic mass is 10.1. The lowest BCUT2D eigenvalue weighted by Crippen LogP contribution is -2.02. The van der Waals surface area contributed by atoms with Gasteiger partial charge in [0.1, 0.15) is 5.76 Å². The molecule has 0 aliphatic rings. The van der Waals surface area contributed by atoms with Crippen molar-refractivity contribution < 1.29 is 19.1 Å². The van der Waals surface area contributed by atoms with Crippen molar-refractivity contribution in [1.29, 1.82) is 0 Å². The first-order valence-electron chi connectivity index (χ1n) is 4.80. The van der Waals surface area contributed by atoms with Crippen LogP contribution in [0.5, 0.6) is 0 Å². The molecular formula is C12H6I2O4. The standard InChI is InChI=1S/C12H6I2O4/c13-6-3-8(12(16)17)11(9(14)4-6)10-2-1-7(5-15)18-10/h1-5H,(H,16,17). The van der Waals surface area contributed by atoms with E-state index in [1.165, 1.54) is 6.07 Å². The summed E-state index contributed by atoms with van der Waals surface area (Å²) in [6.45, 7) is 0. The highest BCUT2D eigenvalue weighted by atomic mass is 127. The molecule has 0 aliphatic heterocycles. The summed E-state index contributed by atoms with van der Waals surface area (Å²) >= 11 is 4.11. The van der Waals surface area contributed by atoms with Crippen LogP contribution in [0.15, 0.2) is 28.7 Å². The van der Waals surface area contributed by atoms with E-state index in [2.05, 4.69) is 45.2 Å². The maximum absolute atomic E-state index is 11.3. The van der Waals surface area contributed by atoms with Crippen LogP contribution < -0.4 is 0 Å².